The van der Waals surface area contributed by atoms with E-state index in [2.05, 4.69) is 36.5 Å². The second-order valence-electron chi connectivity index (χ2n) is 4.76. The van der Waals surface area contributed by atoms with Crippen LogP contribution >= 0.6 is 15.9 Å². The van der Waals surface area contributed by atoms with Gasteiger partial charge >= 0.3 is 0 Å². The summed E-state index contributed by atoms with van der Waals surface area (Å²) in [5.74, 6) is 1.68. The molecule has 0 radical (unpaired) electrons. The molecule has 0 aliphatic heterocycles. The molecule has 0 atom stereocenters. The average molecular weight is 369 g/mol. The first-order valence-electron chi connectivity index (χ1n) is 6.81. The second kappa shape index (κ2) is 7.40. The predicted molar refractivity (Wildman–Crippen MR) is 87.1 cm³/mol. The summed E-state index contributed by atoms with van der Waals surface area (Å²) in [4.78, 5) is 8.37. The first kappa shape index (κ1) is 16.5. The topological polar surface area (TPSA) is 62.5 Å². The lowest BCUT2D eigenvalue weighted by Crippen LogP contribution is -2.36. The van der Waals surface area contributed by atoms with Gasteiger partial charge in [0.1, 0.15) is 11.6 Å². The van der Waals surface area contributed by atoms with Gasteiger partial charge in [0.2, 0.25) is 5.89 Å². The summed E-state index contributed by atoms with van der Waals surface area (Å²) in [6, 6.07) is 4.82. The summed E-state index contributed by atoms with van der Waals surface area (Å²) >= 11 is 3.33. The number of halogens is 2. The molecule has 0 unspecified atom stereocenters. The molecule has 0 saturated heterocycles. The number of rotatable bonds is 4. The van der Waals surface area contributed by atoms with Crippen molar-refractivity contribution >= 4 is 21.9 Å². The van der Waals surface area contributed by atoms with E-state index < -0.39 is 0 Å². The highest BCUT2D eigenvalue weighted by Crippen LogP contribution is 2.15. The maximum atomic E-state index is 13.7. The average Bonchev–Trinajstić information content (AvgIpc) is 2.81. The van der Waals surface area contributed by atoms with Gasteiger partial charge in [0.15, 0.2) is 5.96 Å². The fourth-order valence-corrected chi connectivity index (χ4v) is 2.26. The molecule has 5 nitrogen and oxygen atoms in total. The van der Waals surface area contributed by atoms with Crippen molar-refractivity contribution in [3.05, 3.63) is 51.4 Å². The number of benzene rings is 1. The number of nitrogens with zero attached hydrogens (tertiary/aromatic N) is 2. The molecular weight excluding hydrogens is 351 g/mol. The van der Waals surface area contributed by atoms with Gasteiger partial charge in [0.05, 0.1) is 12.2 Å². The number of aliphatic imine (C=N–C) groups is 1. The van der Waals surface area contributed by atoms with Gasteiger partial charge in [0.25, 0.3) is 0 Å². The van der Waals surface area contributed by atoms with Gasteiger partial charge in [0, 0.05) is 23.6 Å². The van der Waals surface area contributed by atoms with Gasteiger partial charge in [-0.05, 0) is 32.0 Å². The van der Waals surface area contributed by atoms with E-state index >= 15 is 0 Å². The Labute approximate surface area is 137 Å². The highest BCUT2D eigenvalue weighted by molar-refractivity contribution is 9.10. The summed E-state index contributed by atoms with van der Waals surface area (Å²) in [6.07, 6.45) is 0. The quantitative estimate of drug-likeness (QED) is 0.642. The van der Waals surface area contributed by atoms with E-state index in [1.54, 1.807) is 19.2 Å². The summed E-state index contributed by atoms with van der Waals surface area (Å²) in [5.41, 5.74) is 1.43. The van der Waals surface area contributed by atoms with Gasteiger partial charge in [-0.3, -0.25) is 4.99 Å². The number of nitrogens with one attached hydrogen (secondary N) is 2. The number of hydrogen-bond donors (Lipinski definition) is 2. The Morgan fingerprint density at radius 1 is 1.32 bits per heavy atom. The van der Waals surface area contributed by atoms with Gasteiger partial charge < -0.3 is 15.1 Å². The molecule has 0 fully saturated rings. The summed E-state index contributed by atoms with van der Waals surface area (Å²) in [5, 5.41) is 6.13. The molecule has 0 bridgehead atoms. The third-order valence-electron chi connectivity index (χ3n) is 3.16. The van der Waals surface area contributed by atoms with E-state index in [0.717, 1.165) is 15.9 Å². The zero-order valence-corrected chi connectivity index (χ0v) is 14.3. The molecule has 0 amide bonds. The van der Waals surface area contributed by atoms with Crippen LogP contribution in [0, 0.1) is 19.7 Å². The minimum atomic E-state index is -0.259. The Morgan fingerprint density at radius 2 is 2.05 bits per heavy atom. The number of oxazole rings is 1. The van der Waals surface area contributed by atoms with E-state index in [1.807, 2.05) is 13.8 Å². The van der Waals surface area contributed by atoms with Crippen LogP contribution in [-0.2, 0) is 13.1 Å². The summed E-state index contributed by atoms with van der Waals surface area (Å²) in [7, 11) is 1.65. The van der Waals surface area contributed by atoms with Crippen LogP contribution in [0.2, 0.25) is 0 Å². The van der Waals surface area contributed by atoms with Gasteiger partial charge in [-0.15, -0.1) is 0 Å². The fraction of sp³-hybridized carbons (Fsp3) is 0.333. The van der Waals surface area contributed by atoms with Crippen LogP contribution in [-0.4, -0.2) is 18.0 Å². The van der Waals surface area contributed by atoms with Crippen molar-refractivity contribution in [1.82, 2.24) is 15.6 Å². The van der Waals surface area contributed by atoms with Crippen LogP contribution in [0.3, 0.4) is 0 Å². The molecule has 22 heavy (non-hydrogen) atoms. The number of hydrogen-bond acceptors (Lipinski definition) is 3. The molecule has 1 aromatic heterocycles. The van der Waals surface area contributed by atoms with Gasteiger partial charge in [-0.25, -0.2) is 9.37 Å². The van der Waals surface area contributed by atoms with E-state index in [0.29, 0.717) is 30.5 Å². The van der Waals surface area contributed by atoms with Crippen molar-refractivity contribution in [2.24, 2.45) is 4.99 Å². The minimum absolute atomic E-state index is 0.259. The molecule has 7 heteroatoms. The molecule has 2 aromatic rings. The Hall–Kier alpha value is -1.89. The third kappa shape index (κ3) is 4.30. The molecule has 0 aliphatic rings. The van der Waals surface area contributed by atoms with E-state index in [1.165, 1.54) is 6.07 Å². The first-order valence-corrected chi connectivity index (χ1v) is 7.60. The zero-order chi connectivity index (χ0) is 16.1. The lowest BCUT2D eigenvalue weighted by molar-refractivity contribution is 0.463. The standard InChI is InChI=1S/C15H18BrFN4O/c1-9-10(2)22-14(21-9)8-20-15(18-3)19-7-11-6-12(16)4-5-13(11)17/h4-6H,7-8H2,1-3H3,(H2,18,19,20). The lowest BCUT2D eigenvalue weighted by atomic mass is 10.2. The molecule has 118 valence electrons. The van der Waals surface area contributed by atoms with Crippen LogP contribution in [0.4, 0.5) is 4.39 Å². The summed E-state index contributed by atoms with van der Waals surface area (Å²) in [6.45, 7) is 4.50. The molecule has 2 rings (SSSR count). The number of aryl methyl sites for hydroxylation is 2. The molecule has 0 saturated carbocycles. The van der Waals surface area contributed by atoms with Crippen LogP contribution in [0.1, 0.15) is 22.9 Å². The van der Waals surface area contributed by atoms with Crippen molar-refractivity contribution in [1.29, 1.82) is 0 Å². The van der Waals surface area contributed by atoms with Crippen molar-refractivity contribution < 1.29 is 8.81 Å². The van der Waals surface area contributed by atoms with E-state index in [4.69, 9.17) is 4.42 Å². The maximum absolute atomic E-state index is 13.7. The Bertz CT molecular complexity index is 665. The van der Waals surface area contributed by atoms with Crippen LogP contribution in [0.5, 0.6) is 0 Å². The van der Waals surface area contributed by atoms with Gasteiger partial charge in [-0.2, -0.15) is 0 Å². The van der Waals surface area contributed by atoms with Crippen molar-refractivity contribution in [3.63, 3.8) is 0 Å². The lowest BCUT2D eigenvalue weighted by Gasteiger charge is -2.11. The Kier molecular flexibility index (Phi) is 5.54. The van der Waals surface area contributed by atoms with Gasteiger partial charge in [-0.1, -0.05) is 15.9 Å². The van der Waals surface area contributed by atoms with Crippen LogP contribution in [0.15, 0.2) is 32.1 Å². The fourth-order valence-electron chi connectivity index (χ4n) is 1.85. The third-order valence-corrected chi connectivity index (χ3v) is 3.65. The Balaban J connectivity index is 1.91. The zero-order valence-electron chi connectivity index (χ0n) is 12.7. The molecule has 1 aromatic carbocycles. The van der Waals surface area contributed by atoms with Crippen molar-refractivity contribution in [2.75, 3.05) is 7.05 Å². The smallest absolute Gasteiger partial charge is 0.214 e. The first-order chi connectivity index (χ1) is 10.5. The molecule has 1 heterocycles. The maximum Gasteiger partial charge on any atom is 0.214 e. The monoisotopic (exact) mass is 368 g/mol. The molecular formula is C15H18BrFN4O. The highest BCUT2D eigenvalue weighted by atomic mass is 79.9. The number of guanidine groups is 1. The SMILES string of the molecule is CN=C(NCc1nc(C)c(C)o1)NCc1cc(Br)ccc1F. The summed E-state index contributed by atoms with van der Waals surface area (Å²) < 4.78 is 20.0. The molecule has 0 spiro atoms. The van der Waals surface area contributed by atoms with Crippen molar-refractivity contribution in [3.8, 4) is 0 Å². The Morgan fingerprint density at radius 3 is 2.68 bits per heavy atom. The van der Waals surface area contributed by atoms with E-state index in [9.17, 15) is 4.39 Å². The second-order valence-corrected chi connectivity index (χ2v) is 5.68. The van der Waals surface area contributed by atoms with Crippen LogP contribution in [0.25, 0.3) is 0 Å². The van der Waals surface area contributed by atoms with E-state index in [-0.39, 0.29) is 5.82 Å². The van der Waals surface area contributed by atoms with Crippen LogP contribution < -0.4 is 10.6 Å². The minimum Gasteiger partial charge on any atom is -0.444 e. The number of aromatic nitrogens is 1. The predicted octanol–water partition coefficient (Wildman–Crippen LogP) is 3.06. The normalized spacial score (nSPS) is 11.6. The largest absolute Gasteiger partial charge is 0.444 e. The van der Waals surface area contributed by atoms with Crippen molar-refractivity contribution in [2.45, 2.75) is 26.9 Å². The molecule has 2 N–H and O–H groups in total. The highest BCUT2D eigenvalue weighted by Gasteiger charge is 2.07. The molecule has 0 aliphatic carbocycles.